The van der Waals surface area contributed by atoms with Crippen LogP contribution in [0.3, 0.4) is 0 Å². The summed E-state index contributed by atoms with van der Waals surface area (Å²) in [5.74, 6) is 1.56. The summed E-state index contributed by atoms with van der Waals surface area (Å²) in [6, 6.07) is 7.03. The van der Waals surface area contributed by atoms with Crippen molar-refractivity contribution in [3.05, 3.63) is 41.7 Å². The van der Waals surface area contributed by atoms with Gasteiger partial charge in [0.2, 0.25) is 11.8 Å². The maximum absolute atomic E-state index is 11.8. The second-order valence-electron chi connectivity index (χ2n) is 4.71. The minimum atomic E-state index is 0.0391. The van der Waals surface area contributed by atoms with Crippen molar-refractivity contribution in [2.24, 2.45) is 0 Å². The molecule has 1 aromatic carbocycles. The van der Waals surface area contributed by atoms with Crippen molar-refractivity contribution in [3.63, 3.8) is 0 Å². The van der Waals surface area contributed by atoms with E-state index < -0.39 is 0 Å². The zero-order valence-corrected chi connectivity index (χ0v) is 11.9. The Hall–Kier alpha value is -2.63. The molecule has 0 fully saturated rings. The van der Waals surface area contributed by atoms with E-state index >= 15 is 0 Å². The molecule has 0 saturated carbocycles. The van der Waals surface area contributed by atoms with Crippen LogP contribution in [0.15, 0.2) is 30.6 Å². The van der Waals surface area contributed by atoms with Gasteiger partial charge in [-0.1, -0.05) is 0 Å². The Morgan fingerprint density at radius 3 is 2.86 bits per heavy atom. The molecule has 6 nitrogen and oxygen atoms in total. The Morgan fingerprint density at radius 1 is 1.24 bits per heavy atom. The van der Waals surface area contributed by atoms with E-state index in [1.165, 1.54) is 6.33 Å². The van der Waals surface area contributed by atoms with E-state index in [4.69, 9.17) is 9.47 Å². The summed E-state index contributed by atoms with van der Waals surface area (Å²) in [7, 11) is 1.78. The molecule has 0 bridgehead atoms. The van der Waals surface area contributed by atoms with Crippen LogP contribution in [0.25, 0.3) is 0 Å². The van der Waals surface area contributed by atoms with Crippen LogP contribution < -0.4 is 9.47 Å². The maximum Gasteiger partial charge on any atom is 0.254 e. The van der Waals surface area contributed by atoms with Gasteiger partial charge in [-0.15, -0.1) is 0 Å². The lowest BCUT2D eigenvalue weighted by atomic mass is 10.1. The van der Waals surface area contributed by atoms with Crippen molar-refractivity contribution in [1.82, 2.24) is 14.9 Å². The third-order valence-corrected chi connectivity index (χ3v) is 3.19. The van der Waals surface area contributed by atoms with Gasteiger partial charge < -0.3 is 14.4 Å². The monoisotopic (exact) mass is 285 g/mol. The van der Waals surface area contributed by atoms with Crippen molar-refractivity contribution in [2.75, 3.05) is 13.7 Å². The highest BCUT2D eigenvalue weighted by Gasteiger charge is 2.24. The first kappa shape index (κ1) is 13.4. The average molecular weight is 285 g/mol. The lowest BCUT2D eigenvalue weighted by Crippen LogP contribution is -2.17. The van der Waals surface area contributed by atoms with Gasteiger partial charge in [-0.3, -0.25) is 4.79 Å². The number of fused-ring (bicyclic) bond motifs is 1. The molecule has 2 aromatic rings. The van der Waals surface area contributed by atoms with E-state index in [-0.39, 0.29) is 5.91 Å². The molecule has 108 valence electrons. The smallest absolute Gasteiger partial charge is 0.254 e. The van der Waals surface area contributed by atoms with Gasteiger partial charge in [-0.25, -0.2) is 9.97 Å². The van der Waals surface area contributed by atoms with Gasteiger partial charge in [-0.2, -0.15) is 0 Å². The first-order valence-corrected chi connectivity index (χ1v) is 6.68. The van der Waals surface area contributed by atoms with Crippen molar-refractivity contribution in [3.8, 4) is 17.5 Å². The van der Waals surface area contributed by atoms with Crippen molar-refractivity contribution >= 4 is 5.91 Å². The molecule has 0 N–H and O–H groups in total. The number of carbonyl (C=O) groups excluding carboxylic acids is 1. The number of amides is 1. The average Bonchev–Trinajstić information content (AvgIpc) is 2.74. The van der Waals surface area contributed by atoms with E-state index in [1.807, 2.05) is 13.0 Å². The van der Waals surface area contributed by atoms with Crippen LogP contribution in [-0.2, 0) is 6.54 Å². The fourth-order valence-electron chi connectivity index (χ4n) is 2.23. The summed E-state index contributed by atoms with van der Waals surface area (Å²) >= 11 is 0. The second kappa shape index (κ2) is 5.40. The number of carbonyl (C=O) groups is 1. The molecule has 6 heteroatoms. The molecular weight excluding hydrogens is 270 g/mol. The molecule has 21 heavy (non-hydrogen) atoms. The summed E-state index contributed by atoms with van der Waals surface area (Å²) in [6.07, 6.45) is 1.39. The maximum atomic E-state index is 11.8. The number of hydrogen-bond donors (Lipinski definition) is 0. The first-order chi connectivity index (χ1) is 10.2. The first-order valence-electron chi connectivity index (χ1n) is 6.68. The number of hydrogen-bond acceptors (Lipinski definition) is 5. The largest absolute Gasteiger partial charge is 0.478 e. The standard InChI is InChI=1S/C15H15N3O3/c1-3-20-13-7-14(17-9-16-13)21-11-4-5-12-10(6-11)8-18(2)15(12)19/h4-7,9H,3,8H2,1-2H3. The van der Waals surface area contributed by atoms with Crippen molar-refractivity contribution in [1.29, 1.82) is 0 Å². The molecule has 0 radical (unpaired) electrons. The fraction of sp³-hybridized carbons (Fsp3) is 0.267. The predicted octanol–water partition coefficient (Wildman–Crippen LogP) is 2.25. The zero-order valence-electron chi connectivity index (χ0n) is 11.9. The number of rotatable bonds is 4. The number of benzene rings is 1. The van der Waals surface area contributed by atoms with Crippen LogP contribution in [-0.4, -0.2) is 34.4 Å². The normalized spacial score (nSPS) is 13.2. The van der Waals surface area contributed by atoms with E-state index in [1.54, 1.807) is 30.1 Å². The highest BCUT2D eigenvalue weighted by molar-refractivity contribution is 5.98. The van der Waals surface area contributed by atoms with Gasteiger partial charge in [0.25, 0.3) is 5.91 Å². The molecule has 0 aliphatic carbocycles. The lowest BCUT2D eigenvalue weighted by Gasteiger charge is -2.07. The second-order valence-corrected chi connectivity index (χ2v) is 4.71. The molecule has 0 atom stereocenters. The Balaban J connectivity index is 1.82. The van der Waals surface area contributed by atoms with E-state index in [0.29, 0.717) is 30.7 Å². The van der Waals surface area contributed by atoms with Gasteiger partial charge in [-0.05, 0) is 30.7 Å². The van der Waals surface area contributed by atoms with E-state index in [9.17, 15) is 4.79 Å². The van der Waals surface area contributed by atoms with Crippen LogP contribution in [0.4, 0.5) is 0 Å². The van der Waals surface area contributed by atoms with Crippen molar-refractivity contribution < 1.29 is 14.3 Å². The molecule has 1 amide bonds. The number of nitrogens with zero attached hydrogens (tertiary/aromatic N) is 3. The highest BCUT2D eigenvalue weighted by atomic mass is 16.5. The predicted molar refractivity (Wildman–Crippen MR) is 75.5 cm³/mol. The SMILES string of the molecule is CCOc1cc(Oc2ccc3c(c2)CN(C)C3=O)ncn1. The van der Waals surface area contributed by atoms with E-state index in [2.05, 4.69) is 9.97 Å². The number of ether oxygens (including phenoxy) is 2. The van der Waals surface area contributed by atoms with Crippen LogP contribution in [0.2, 0.25) is 0 Å². The minimum absolute atomic E-state index is 0.0391. The molecule has 1 aliphatic rings. The zero-order chi connectivity index (χ0) is 14.8. The molecule has 0 unspecified atom stereocenters. The summed E-state index contributed by atoms with van der Waals surface area (Å²) in [4.78, 5) is 21.5. The lowest BCUT2D eigenvalue weighted by molar-refractivity contribution is 0.0816. The minimum Gasteiger partial charge on any atom is -0.478 e. The van der Waals surface area contributed by atoms with Crippen molar-refractivity contribution in [2.45, 2.75) is 13.5 Å². The topological polar surface area (TPSA) is 64.6 Å². The molecular formula is C15H15N3O3. The Kier molecular flexibility index (Phi) is 3.43. The molecule has 0 saturated heterocycles. The Morgan fingerprint density at radius 2 is 2.05 bits per heavy atom. The Bertz CT molecular complexity index is 688. The molecule has 3 rings (SSSR count). The third-order valence-electron chi connectivity index (χ3n) is 3.19. The van der Waals surface area contributed by atoms with Gasteiger partial charge in [0.1, 0.15) is 12.1 Å². The molecule has 1 aromatic heterocycles. The van der Waals surface area contributed by atoms with Crippen LogP contribution in [0.1, 0.15) is 22.8 Å². The van der Waals surface area contributed by atoms with Crippen LogP contribution in [0.5, 0.6) is 17.5 Å². The van der Waals surface area contributed by atoms with E-state index in [0.717, 1.165) is 11.1 Å². The quantitative estimate of drug-likeness (QED) is 0.862. The number of aromatic nitrogens is 2. The highest BCUT2D eigenvalue weighted by Crippen LogP contribution is 2.28. The Labute approximate surface area is 122 Å². The van der Waals surface area contributed by atoms with Gasteiger partial charge in [0, 0.05) is 19.2 Å². The summed E-state index contributed by atoms with van der Waals surface area (Å²) in [5, 5.41) is 0. The fourth-order valence-corrected chi connectivity index (χ4v) is 2.23. The summed E-state index contributed by atoms with van der Waals surface area (Å²) < 4.78 is 11.0. The van der Waals surface area contributed by atoms with Gasteiger partial charge >= 0.3 is 0 Å². The van der Waals surface area contributed by atoms with Crippen LogP contribution in [0, 0.1) is 0 Å². The third kappa shape index (κ3) is 2.65. The van der Waals surface area contributed by atoms with Crippen LogP contribution >= 0.6 is 0 Å². The summed E-state index contributed by atoms with van der Waals surface area (Å²) in [5.41, 5.74) is 1.68. The molecule has 2 heterocycles. The molecule has 0 spiro atoms. The summed E-state index contributed by atoms with van der Waals surface area (Å²) in [6.45, 7) is 3.01. The molecule has 1 aliphatic heterocycles. The van der Waals surface area contributed by atoms with Gasteiger partial charge in [0.15, 0.2) is 0 Å². The van der Waals surface area contributed by atoms with Gasteiger partial charge in [0.05, 0.1) is 12.7 Å².